The van der Waals surface area contributed by atoms with Crippen LogP contribution in [0.1, 0.15) is 26.1 Å². The van der Waals surface area contributed by atoms with Gasteiger partial charge < -0.3 is 10.2 Å². The molecule has 2 unspecified atom stereocenters. The predicted molar refractivity (Wildman–Crippen MR) is 85.2 cm³/mol. The van der Waals surface area contributed by atoms with Gasteiger partial charge in [0.2, 0.25) is 0 Å². The van der Waals surface area contributed by atoms with Crippen molar-refractivity contribution in [3.8, 4) is 0 Å². The number of rotatable bonds is 7. The van der Waals surface area contributed by atoms with Gasteiger partial charge in [-0.1, -0.05) is 6.92 Å². The largest absolute Gasteiger partial charge is 0.312 e. The van der Waals surface area contributed by atoms with E-state index in [4.69, 9.17) is 0 Å². The van der Waals surface area contributed by atoms with Crippen molar-refractivity contribution in [1.82, 2.24) is 25.0 Å². The third kappa shape index (κ3) is 3.96. The lowest BCUT2D eigenvalue weighted by Gasteiger charge is -2.38. The molecule has 2 heterocycles. The molecule has 1 aliphatic heterocycles. The zero-order valence-electron chi connectivity index (χ0n) is 12.9. The number of likely N-dealkylation sites (N-methyl/N-ethyl adjacent to an activating group) is 1. The third-order valence-corrected chi connectivity index (χ3v) is 5.01. The molecule has 2 rings (SSSR count). The Morgan fingerprint density at radius 3 is 3.05 bits per heavy atom. The molecule has 0 spiro atoms. The minimum Gasteiger partial charge on any atom is -0.312 e. The molecule has 6 heteroatoms. The van der Waals surface area contributed by atoms with Gasteiger partial charge in [0.25, 0.3) is 0 Å². The van der Waals surface area contributed by atoms with E-state index in [1.807, 2.05) is 4.68 Å². The van der Waals surface area contributed by atoms with Gasteiger partial charge in [0, 0.05) is 43.1 Å². The molecular weight excluding hydrogens is 270 g/mol. The summed E-state index contributed by atoms with van der Waals surface area (Å²) in [4.78, 5) is 6.94. The highest BCUT2D eigenvalue weighted by Gasteiger charge is 2.28. The monoisotopic (exact) mass is 297 g/mol. The molecule has 20 heavy (non-hydrogen) atoms. The standard InChI is InChI=1S/C14H27N5S/c1-4-6-15-12(13-10-20-8-7-18(13)3)9-14-16-11-17-19(14)5-2/h11-13,15H,4-10H2,1-3H3. The smallest absolute Gasteiger partial charge is 0.138 e. The molecule has 1 saturated heterocycles. The summed E-state index contributed by atoms with van der Waals surface area (Å²) in [6, 6.07) is 1.05. The van der Waals surface area contributed by atoms with E-state index in [2.05, 4.69) is 53.0 Å². The van der Waals surface area contributed by atoms with E-state index in [1.54, 1.807) is 6.33 Å². The van der Waals surface area contributed by atoms with E-state index in [-0.39, 0.29) is 0 Å². The van der Waals surface area contributed by atoms with Gasteiger partial charge in [-0.2, -0.15) is 16.9 Å². The minimum atomic E-state index is 0.460. The van der Waals surface area contributed by atoms with Crippen molar-refractivity contribution in [1.29, 1.82) is 0 Å². The van der Waals surface area contributed by atoms with E-state index in [0.717, 1.165) is 25.3 Å². The van der Waals surface area contributed by atoms with Crippen molar-refractivity contribution < 1.29 is 0 Å². The van der Waals surface area contributed by atoms with Gasteiger partial charge in [0.1, 0.15) is 12.2 Å². The average molecular weight is 297 g/mol. The van der Waals surface area contributed by atoms with Gasteiger partial charge >= 0.3 is 0 Å². The van der Waals surface area contributed by atoms with Crippen molar-refractivity contribution in [3.05, 3.63) is 12.2 Å². The van der Waals surface area contributed by atoms with Crippen molar-refractivity contribution in [2.75, 3.05) is 31.6 Å². The summed E-state index contributed by atoms with van der Waals surface area (Å²) in [6.07, 6.45) is 3.80. The van der Waals surface area contributed by atoms with E-state index < -0.39 is 0 Å². The van der Waals surface area contributed by atoms with Crippen LogP contribution in [0.25, 0.3) is 0 Å². The summed E-state index contributed by atoms with van der Waals surface area (Å²) < 4.78 is 2.01. The van der Waals surface area contributed by atoms with Crippen LogP contribution in [-0.2, 0) is 13.0 Å². The second-order valence-corrected chi connectivity index (χ2v) is 6.53. The van der Waals surface area contributed by atoms with Gasteiger partial charge in [-0.25, -0.2) is 4.98 Å². The summed E-state index contributed by atoms with van der Waals surface area (Å²) in [5, 5.41) is 8.01. The zero-order chi connectivity index (χ0) is 14.4. The number of aromatic nitrogens is 3. The first-order valence-corrected chi connectivity index (χ1v) is 8.79. The first kappa shape index (κ1) is 15.8. The molecule has 0 aliphatic carbocycles. The lowest BCUT2D eigenvalue weighted by molar-refractivity contribution is 0.211. The lowest BCUT2D eigenvalue weighted by atomic mass is 10.0. The van der Waals surface area contributed by atoms with Crippen LogP contribution in [0.15, 0.2) is 6.33 Å². The van der Waals surface area contributed by atoms with Crippen LogP contribution in [-0.4, -0.2) is 63.4 Å². The first-order chi connectivity index (χ1) is 9.76. The number of hydrogen-bond donors (Lipinski definition) is 1. The molecule has 0 saturated carbocycles. The highest BCUT2D eigenvalue weighted by Crippen LogP contribution is 2.19. The molecule has 0 bridgehead atoms. The Kier molecular flexibility index (Phi) is 6.32. The molecule has 1 aliphatic rings. The van der Waals surface area contributed by atoms with Crippen LogP contribution in [0.3, 0.4) is 0 Å². The Morgan fingerprint density at radius 1 is 1.50 bits per heavy atom. The van der Waals surface area contributed by atoms with Crippen molar-refractivity contribution in [2.45, 2.75) is 45.3 Å². The van der Waals surface area contributed by atoms with Crippen LogP contribution in [0.5, 0.6) is 0 Å². The van der Waals surface area contributed by atoms with Crippen molar-refractivity contribution >= 4 is 11.8 Å². The summed E-state index contributed by atoms with van der Waals surface area (Å²) in [7, 11) is 2.25. The number of nitrogens with zero attached hydrogens (tertiary/aromatic N) is 4. The van der Waals surface area contributed by atoms with E-state index in [0.29, 0.717) is 12.1 Å². The molecule has 5 nitrogen and oxygen atoms in total. The lowest BCUT2D eigenvalue weighted by Crippen LogP contribution is -2.54. The molecule has 1 N–H and O–H groups in total. The van der Waals surface area contributed by atoms with Crippen molar-refractivity contribution in [2.24, 2.45) is 0 Å². The molecule has 0 amide bonds. The highest BCUT2D eigenvalue weighted by molar-refractivity contribution is 7.99. The zero-order valence-corrected chi connectivity index (χ0v) is 13.7. The number of thioether (sulfide) groups is 1. The van der Waals surface area contributed by atoms with Gasteiger partial charge in [-0.3, -0.25) is 4.68 Å². The second kappa shape index (κ2) is 8.00. The maximum absolute atomic E-state index is 4.44. The Bertz CT molecular complexity index is 395. The minimum absolute atomic E-state index is 0.460. The van der Waals surface area contributed by atoms with Crippen LogP contribution in [0.2, 0.25) is 0 Å². The molecule has 2 atom stereocenters. The Labute approximate surface area is 126 Å². The molecule has 1 aromatic rings. The number of aryl methyl sites for hydroxylation is 1. The maximum Gasteiger partial charge on any atom is 0.138 e. The molecule has 1 fully saturated rings. The molecule has 0 radical (unpaired) electrons. The SMILES string of the molecule is CCCNC(Cc1ncnn1CC)C1CSCCN1C. The molecular formula is C14H27N5S. The average Bonchev–Trinajstić information content (AvgIpc) is 2.91. The predicted octanol–water partition coefficient (Wildman–Crippen LogP) is 1.26. The fourth-order valence-corrected chi connectivity index (χ4v) is 4.02. The second-order valence-electron chi connectivity index (χ2n) is 5.38. The van der Waals surface area contributed by atoms with Crippen LogP contribution >= 0.6 is 11.8 Å². The van der Waals surface area contributed by atoms with E-state index in [1.165, 1.54) is 24.5 Å². The van der Waals surface area contributed by atoms with Crippen molar-refractivity contribution in [3.63, 3.8) is 0 Å². The molecule has 0 aromatic carbocycles. The molecule has 114 valence electrons. The van der Waals surface area contributed by atoms with Crippen LogP contribution in [0.4, 0.5) is 0 Å². The fraction of sp³-hybridized carbons (Fsp3) is 0.857. The Hall–Kier alpha value is -0.590. The van der Waals surface area contributed by atoms with Gasteiger partial charge in [-0.15, -0.1) is 0 Å². The highest BCUT2D eigenvalue weighted by atomic mass is 32.2. The van der Waals surface area contributed by atoms with Gasteiger partial charge in [-0.05, 0) is 26.9 Å². The number of nitrogens with one attached hydrogen (secondary N) is 1. The number of hydrogen-bond acceptors (Lipinski definition) is 5. The summed E-state index contributed by atoms with van der Waals surface area (Å²) in [6.45, 7) is 7.48. The van der Waals surface area contributed by atoms with E-state index in [9.17, 15) is 0 Å². The fourth-order valence-electron chi connectivity index (χ4n) is 2.71. The molecule has 1 aromatic heterocycles. The van der Waals surface area contributed by atoms with Gasteiger partial charge in [0.05, 0.1) is 0 Å². The van der Waals surface area contributed by atoms with E-state index >= 15 is 0 Å². The normalized spacial score (nSPS) is 22.1. The first-order valence-electron chi connectivity index (χ1n) is 7.64. The maximum atomic E-state index is 4.44. The summed E-state index contributed by atoms with van der Waals surface area (Å²) in [5.74, 6) is 3.56. The van der Waals surface area contributed by atoms with Crippen LogP contribution in [0, 0.1) is 0 Å². The third-order valence-electron chi connectivity index (χ3n) is 3.96. The summed E-state index contributed by atoms with van der Waals surface area (Å²) in [5.41, 5.74) is 0. The van der Waals surface area contributed by atoms with Crippen LogP contribution < -0.4 is 5.32 Å². The quantitative estimate of drug-likeness (QED) is 0.821. The Morgan fingerprint density at radius 2 is 2.35 bits per heavy atom. The topological polar surface area (TPSA) is 46.0 Å². The van der Waals surface area contributed by atoms with Gasteiger partial charge in [0.15, 0.2) is 0 Å². The Balaban J connectivity index is 2.06. The summed E-state index contributed by atoms with van der Waals surface area (Å²) >= 11 is 2.07.